The minimum Gasteiger partial charge on any atom is -0.497 e. The highest BCUT2D eigenvalue weighted by Gasteiger charge is 2.13. The number of ether oxygens (including phenoxy) is 2. The smallest absolute Gasteiger partial charge is 0.345 e. The third kappa shape index (κ3) is 2.98. The van der Waals surface area contributed by atoms with Crippen LogP contribution >= 0.6 is 0 Å². The molecule has 3 aromatic rings. The molecule has 0 aliphatic heterocycles. The van der Waals surface area contributed by atoms with Crippen LogP contribution in [0.5, 0.6) is 11.7 Å². The lowest BCUT2D eigenvalue weighted by atomic mass is 10.2. The Morgan fingerprint density at radius 2 is 1.77 bits per heavy atom. The summed E-state index contributed by atoms with van der Waals surface area (Å²) in [5.41, 5.74) is 1.90. The largest absolute Gasteiger partial charge is 0.497 e. The zero-order valence-electron chi connectivity index (χ0n) is 11.9. The lowest BCUT2D eigenvalue weighted by molar-refractivity contribution is 0.0680. The first-order valence-corrected chi connectivity index (χ1v) is 6.64. The Morgan fingerprint density at radius 3 is 2.45 bits per heavy atom. The molecular weight excluding hydrogens is 282 g/mol. The Bertz CT molecular complexity index is 763. The summed E-state index contributed by atoms with van der Waals surface area (Å²) in [5.74, 6) is 0.209. The molecule has 5 heteroatoms. The molecule has 1 heterocycles. The summed E-state index contributed by atoms with van der Waals surface area (Å²) >= 11 is 0. The molecule has 0 N–H and O–H groups in total. The summed E-state index contributed by atoms with van der Waals surface area (Å²) in [7, 11) is 1.56. The highest BCUT2D eigenvalue weighted by molar-refractivity contribution is 5.91. The average Bonchev–Trinajstić information content (AvgIpc) is 3.04. The zero-order chi connectivity index (χ0) is 15.4. The van der Waals surface area contributed by atoms with Crippen molar-refractivity contribution in [3.63, 3.8) is 0 Å². The van der Waals surface area contributed by atoms with Gasteiger partial charge in [-0.1, -0.05) is 35.5 Å². The fourth-order valence-corrected chi connectivity index (χ4v) is 1.93. The molecule has 0 amide bonds. The topological polar surface area (TPSA) is 61.6 Å². The number of nitrogens with zero attached hydrogens (tertiary/aromatic N) is 1. The summed E-state index contributed by atoms with van der Waals surface area (Å²) < 4.78 is 15.2. The molecular formula is C17H13NO4. The van der Waals surface area contributed by atoms with Crippen molar-refractivity contribution in [2.24, 2.45) is 0 Å². The van der Waals surface area contributed by atoms with Crippen molar-refractivity contribution in [3.05, 3.63) is 66.2 Å². The summed E-state index contributed by atoms with van der Waals surface area (Å²) in [6, 6.07) is 17.7. The molecule has 0 saturated heterocycles. The quantitative estimate of drug-likeness (QED) is 0.689. The SMILES string of the molecule is COc1ccc(C(=O)Oc2cc(-c3ccccc3)no2)cc1. The molecule has 0 aliphatic carbocycles. The monoisotopic (exact) mass is 295 g/mol. The van der Waals surface area contributed by atoms with Gasteiger partial charge in [-0.15, -0.1) is 0 Å². The van der Waals surface area contributed by atoms with E-state index in [-0.39, 0.29) is 5.95 Å². The Labute approximate surface area is 127 Å². The number of esters is 1. The molecule has 3 rings (SSSR count). The van der Waals surface area contributed by atoms with E-state index in [2.05, 4.69) is 5.16 Å². The maximum atomic E-state index is 12.0. The Morgan fingerprint density at radius 1 is 1.05 bits per heavy atom. The molecule has 2 aromatic carbocycles. The Balaban J connectivity index is 1.73. The van der Waals surface area contributed by atoms with Crippen molar-refractivity contribution >= 4 is 5.97 Å². The summed E-state index contributed by atoms with van der Waals surface area (Å²) in [6.45, 7) is 0. The number of methoxy groups -OCH3 is 1. The summed E-state index contributed by atoms with van der Waals surface area (Å²) in [5, 5.41) is 3.89. The van der Waals surface area contributed by atoms with Gasteiger partial charge in [0.15, 0.2) is 0 Å². The standard InChI is InChI=1S/C17H13NO4/c1-20-14-9-7-13(8-10-14)17(19)21-16-11-15(18-22-16)12-5-3-2-4-6-12/h2-11H,1H3. The van der Waals surface area contributed by atoms with E-state index in [0.29, 0.717) is 17.0 Å². The number of hydrogen-bond donors (Lipinski definition) is 0. The predicted molar refractivity (Wildman–Crippen MR) is 79.9 cm³/mol. The van der Waals surface area contributed by atoms with Crippen LogP contribution < -0.4 is 9.47 Å². The minimum atomic E-state index is -0.515. The molecule has 22 heavy (non-hydrogen) atoms. The fourth-order valence-electron chi connectivity index (χ4n) is 1.93. The van der Waals surface area contributed by atoms with Crippen LogP contribution in [0.1, 0.15) is 10.4 Å². The number of aromatic nitrogens is 1. The van der Waals surface area contributed by atoms with E-state index in [4.69, 9.17) is 14.0 Å². The van der Waals surface area contributed by atoms with Gasteiger partial charge in [0.1, 0.15) is 11.4 Å². The van der Waals surface area contributed by atoms with Gasteiger partial charge in [0.2, 0.25) is 0 Å². The van der Waals surface area contributed by atoms with Crippen molar-refractivity contribution in [1.29, 1.82) is 0 Å². The second kappa shape index (κ2) is 6.13. The number of rotatable bonds is 4. The van der Waals surface area contributed by atoms with Crippen LogP contribution in [0, 0.1) is 0 Å². The van der Waals surface area contributed by atoms with Gasteiger partial charge in [0, 0.05) is 5.56 Å². The zero-order valence-corrected chi connectivity index (χ0v) is 11.9. The number of hydrogen-bond acceptors (Lipinski definition) is 5. The van der Waals surface area contributed by atoms with Crippen molar-refractivity contribution in [3.8, 4) is 23.0 Å². The van der Waals surface area contributed by atoms with Gasteiger partial charge in [-0.25, -0.2) is 4.79 Å². The van der Waals surface area contributed by atoms with Crippen molar-refractivity contribution in [2.75, 3.05) is 7.11 Å². The van der Waals surface area contributed by atoms with Crippen LogP contribution in [-0.4, -0.2) is 18.2 Å². The minimum absolute atomic E-state index is 0.0553. The first-order valence-electron chi connectivity index (χ1n) is 6.64. The van der Waals surface area contributed by atoms with Crippen LogP contribution in [-0.2, 0) is 0 Å². The highest BCUT2D eigenvalue weighted by Crippen LogP contribution is 2.23. The third-order valence-electron chi connectivity index (χ3n) is 3.08. The predicted octanol–water partition coefficient (Wildman–Crippen LogP) is 3.57. The molecule has 5 nitrogen and oxygen atoms in total. The maximum absolute atomic E-state index is 12.0. The number of carbonyl (C=O) groups excluding carboxylic acids is 1. The number of benzene rings is 2. The molecule has 0 spiro atoms. The third-order valence-corrected chi connectivity index (χ3v) is 3.08. The summed E-state index contributed by atoms with van der Waals surface area (Å²) in [4.78, 5) is 12.0. The van der Waals surface area contributed by atoms with E-state index in [9.17, 15) is 4.79 Å². The van der Waals surface area contributed by atoms with E-state index in [1.807, 2.05) is 30.3 Å². The van der Waals surface area contributed by atoms with Crippen molar-refractivity contribution < 1.29 is 18.8 Å². The van der Waals surface area contributed by atoms with Gasteiger partial charge in [0.25, 0.3) is 0 Å². The second-order valence-electron chi connectivity index (χ2n) is 4.52. The van der Waals surface area contributed by atoms with Gasteiger partial charge < -0.3 is 14.0 Å². The van der Waals surface area contributed by atoms with Crippen LogP contribution in [0.2, 0.25) is 0 Å². The normalized spacial score (nSPS) is 10.2. The van der Waals surface area contributed by atoms with Crippen LogP contribution in [0.3, 0.4) is 0 Å². The molecule has 0 fully saturated rings. The van der Waals surface area contributed by atoms with Crippen molar-refractivity contribution in [2.45, 2.75) is 0 Å². The molecule has 1 aromatic heterocycles. The average molecular weight is 295 g/mol. The fraction of sp³-hybridized carbons (Fsp3) is 0.0588. The van der Waals surface area contributed by atoms with E-state index in [1.165, 1.54) is 0 Å². The molecule has 0 bridgehead atoms. The highest BCUT2D eigenvalue weighted by atomic mass is 16.6. The first-order chi connectivity index (χ1) is 10.8. The lowest BCUT2D eigenvalue weighted by Crippen LogP contribution is -2.07. The van der Waals surface area contributed by atoms with Gasteiger partial charge in [-0.3, -0.25) is 0 Å². The Kier molecular flexibility index (Phi) is 3.87. The van der Waals surface area contributed by atoms with Gasteiger partial charge in [-0.05, 0) is 24.3 Å². The van der Waals surface area contributed by atoms with Crippen LogP contribution in [0.15, 0.2) is 65.2 Å². The first kappa shape index (κ1) is 13.9. The molecule has 0 atom stereocenters. The van der Waals surface area contributed by atoms with Crippen LogP contribution in [0.25, 0.3) is 11.3 Å². The van der Waals surface area contributed by atoms with Gasteiger partial charge >= 0.3 is 11.9 Å². The van der Waals surface area contributed by atoms with E-state index < -0.39 is 5.97 Å². The molecule has 0 radical (unpaired) electrons. The second-order valence-corrected chi connectivity index (χ2v) is 4.52. The van der Waals surface area contributed by atoms with Crippen molar-refractivity contribution in [1.82, 2.24) is 5.16 Å². The number of carbonyl (C=O) groups is 1. The van der Waals surface area contributed by atoms with Crippen LogP contribution in [0.4, 0.5) is 0 Å². The lowest BCUT2D eigenvalue weighted by Gasteiger charge is -2.01. The van der Waals surface area contributed by atoms with Gasteiger partial charge in [-0.2, -0.15) is 0 Å². The molecule has 0 saturated carbocycles. The van der Waals surface area contributed by atoms with E-state index in [0.717, 1.165) is 5.56 Å². The maximum Gasteiger partial charge on any atom is 0.345 e. The summed E-state index contributed by atoms with van der Waals surface area (Å²) in [6.07, 6.45) is 0. The molecule has 110 valence electrons. The van der Waals surface area contributed by atoms with E-state index >= 15 is 0 Å². The Hall–Kier alpha value is -3.08. The van der Waals surface area contributed by atoms with Gasteiger partial charge in [0.05, 0.1) is 18.7 Å². The van der Waals surface area contributed by atoms with E-state index in [1.54, 1.807) is 37.4 Å². The molecule has 0 unspecified atom stereocenters. The molecule has 0 aliphatic rings.